The van der Waals surface area contributed by atoms with Gasteiger partial charge in [-0.1, -0.05) is 43.3 Å². The first-order valence-corrected chi connectivity index (χ1v) is 7.21. The first-order chi connectivity index (χ1) is 10.1. The molecular formula is C18H20FNO. The molecule has 21 heavy (non-hydrogen) atoms. The molecule has 0 saturated heterocycles. The van der Waals surface area contributed by atoms with E-state index in [-0.39, 0.29) is 11.7 Å². The normalized spacial score (nSPS) is 10.4. The largest absolute Gasteiger partial charge is 0.334 e. The number of nitrogens with zero attached hydrogens (tertiary/aromatic N) is 1. The summed E-state index contributed by atoms with van der Waals surface area (Å²) in [6.07, 6.45) is 0.868. The molecule has 0 saturated carbocycles. The maximum Gasteiger partial charge on any atom is 0.254 e. The Bertz CT molecular complexity index is 610. The second-order valence-corrected chi connectivity index (χ2v) is 5.18. The third kappa shape index (κ3) is 3.91. The van der Waals surface area contributed by atoms with Crippen LogP contribution in [-0.2, 0) is 6.54 Å². The van der Waals surface area contributed by atoms with Crippen molar-refractivity contribution in [1.82, 2.24) is 4.90 Å². The van der Waals surface area contributed by atoms with Crippen LogP contribution in [0, 0.1) is 12.7 Å². The molecule has 2 rings (SSSR count). The fourth-order valence-electron chi connectivity index (χ4n) is 2.23. The van der Waals surface area contributed by atoms with Crippen molar-refractivity contribution in [3.8, 4) is 0 Å². The molecule has 0 aromatic heterocycles. The molecule has 0 bridgehead atoms. The average Bonchev–Trinajstić information content (AvgIpc) is 2.50. The molecule has 2 aromatic carbocycles. The van der Waals surface area contributed by atoms with E-state index in [0.29, 0.717) is 24.2 Å². The minimum atomic E-state index is -0.336. The Morgan fingerprint density at radius 1 is 1.14 bits per heavy atom. The Labute approximate surface area is 125 Å². The standard InChI is InChI=1S/C18H20FNO/c1-3-11-20(13-15-7-5-4-6-8-15)18(21)16-10-9-14(2)17(19)12-16/h4-10,12H,3,11,13H2,1-2H3. The van der Waals surface area contributed by atoms with Gasteiger partial charge in [-0.05, 0) is 36.6 Å². The van der Waals surface area contributed by atoms with Crippen LogP contribution in [-0.4, -0.2) is 17.4 Å². The van der Waals surface area contributed by atoms with Crippen LogP contribution in [0.5, 0.6) is 0 Å². The average molecular weight is 285 g/mol. The van der Waals surface area contributed by atoms with Gasteiger partial charge in [0, 0.05) is 18.7 Å². The Hall–Kier alpha value is -2.16. The lowest BCUT2D eigenvalue weighted by atomic mass is 10.1. The Morgan fingerprint density at radius 3 is 2.48 bits per heavy atom. The first kappa shape index (κ1) is 15.2. The lowest BCUT2D eigenvalue weighted by Gasteiger charge is -2.22. The van der Waals surface area contributed by atoms with E-state index in [9.17, 15) is 9.18 Å². The molecule has 2 aromatic rings. The molecule has 1 amide bonds. The van der Waals surface area contributed by atoms with Gasteiger partial charge < -0.3 is 4.90 Å². The lowest BCUT2D eigenvalue weighted by Crippen LogP contribution is -2.31. The topological polar surface area (TPSA) is 20.3 Å². The minimum absolute atomic E-state index is 0.125. The number of carbonyl (C=O) groups excluding carboxylic acids is 1. The number of rotatable bonds is 5. The van der Waals surface area contributed by atoms with Gasteiger partial charge in [-0.3, -0.25) is 4.79 Å². The van der Waals surface area contributed by atoms with Crippen molar-refractivity contribution < 1.29 is 9.18 Å². The quantitative estimate of drug-likeness (QED) is 0.806. The van der Waals surface area contributed by atoms with Crippen molar-refractivity contribution >= 4 is 5.91 Å². The van der Waals surface area contributed by atoms with Crippen LogP contribution in [0.3, 0.4) is 0 Å². The van der Waals surface area contributed by atoms with Gasteiger partial charge in [0.15, 0.2) is 0 Å². The summed E-state index contributed by atoms with van der Waals surface area (Å²) in [5.41, 5.74) is 2.03. The van der Waals surface area contributed by atoms with Crippen LogP contribution < -0.4 is 0 Å². The Kier molecular flexibility index (Phi) is 5.09. The molecule has 0 heterocycles. The van der Waals surface area contributed by atoms with Crippen LogP contribution in [0.15, 0.2) is 48.5 Å². The summed E-state index contributed by atoms with van der Waals surface area (Å²) in [6.45, 7) is 4.92. The third-order valence-electron chi connectivity index (χ3n) is 3.42. The third-order valence-corrected chi connectivity index (χ3v) is 3.42. The van der Waals surface area contributed by atoms with Crippen LogP contribution in [0.2, 0.25) is 0 Å². The minimum Gasteiger partial charge on any atom is -0.334 e. The Balaban J connectivity index is 2.20. The highest BCUT2D eigenvalue weighted by atomic mass is 19.1. The monoisotopic (exact) mass is 285 g/mol. The fourth-order valence-corrected chi connectivity index (χ4v) is 2.23. The summed E-state index contributed by atoms with van der Waals surface area (Å²) in [5, 5.41) is 0. The molecule has 0 spiro atoms. The van der Waals surface area contributed by atoms with Gasteiger partial charge >= 0.3 is 0 Å². The van der Waals surface area contributed by atoms with Crippen LogP contribution >= 0.6 is 0 Å². The van der Waals surface area contributed by atoms with Crippen molar-refractivity contribution in [3.05, 3.63) is 71.0 Å². The van der Waals surface area contributed by atoms with Crippen LogP contribution in [0.25, 0.3) is 0 Å². The molecule has 0 radical (unpaired) electrons. The number of hydrogen-bond donors (Lipinski definition) is 0. The van der Waals surface area contributed by atoms with Crippen molar-refractivity contribution in [2.75, 3.05) is 6.54 Å². The molecule has 0 fully saturated rings. The van der Waals surface area contributed by atoms with Crippen molar-refractivity contribution in [2.45, 2.75) is 26.8 Å². The van der Waals surface area contributed by atoms with Crippen molar-refractivity contribution in [1.29, 1.82) is 0 Å². The summed E-state index contributed by atoms with van der Waals surface area (Å²) in [5.74, 6) is -0.461. The lowest BCUT2D eigenvalue weighted by molar-refractivity contribution is 0.0742. The highest BCUT2D eigenvalue weighted by Crippen LogP contribution is 2.14. The first-order valence-electron chi connectivity index (χ1n) is 7.21. The maximum atomic E-state index is 13.6. The highest BCUT2D eigenvalue weighted by Gasteiger charge is 2.16. The predicted molar refractivity (Wildman–Crippen MR) is 82.6 cm³/mol. The molecule has 110 valence electrons. The molecule has 0 aliphatic heterocycles. The molecule has 0 aliphatic rings. The van der Waals surface area contributed by atoms with E-state index in [0.717, 1.165) is 12.0 Å². The van der Waals surface area contributed by atoms with E-state index >= 15 is 0 Å². The summed E-state index contributed by atoms with van der Waals surface area (Å²) < 4.78 is 13.6. The predicted octanol–water partition coefficient (Wildman–Crippen LogP) is 4.19. The zero-order valence-electron chi connectivity index (χ0n) is 12.5. The SMILES string of the molecule is CCCN(Cc1ccccc1)C(=O)c1ccc(C)c(F)c1. The Morgan fingerprint density at radius 2 is 1.86 bits per heavy atom. The highest BCUT2D eigenvalue weighted by molar-refractivity contribution is 5.94. The molecule has 0 unspecified atom stereocenters. The van der Waals surface area contributed by atoms with E-state index in [1.54, 1.807) is 24.0 Å². The fraction of sp³-hybridized carbons (Fsp3) is 0.278. The van der Waals surface area contributed by atoms with E-state index in [1.807, 2.05) is 37.3 Å². The van der Waals surface area contributed by atoms with Gasteiger partial charge in [0.05, 0.1) is 0 Å². The van der Waals surface area contributed by atoms with Gasteiger partial charge in [0.25, 0.3) is 5.91 Å². The summed E-state index contributed by atoms with van der Waals surface area (Å²) >= 11 is 0. The van der Waals surface area contributed by atoms with Gasteiger partial charge in [-0.25, -0.2) is 4.39 Å². The van der Waals surface area contributed by atoms with Crippen molar-refractivity contribution in [3.63, 3.8) is 0 Å². The zero-order valence-corrected chi connectivity index (χ0v) is 12.5. The van der Waals surface area contributed by atoms with E-state index < -0.39 is 0 Å². The number of halogens is 1. The van der Waals surface area contributed by atoms with E-state index in [4.69, 9.17) is 0 Å². The molecular weight excluding hydrogens is 265 g/mol. The number of carbonyl (C=O) groups is 1. The molecule has 0 aliphatic carbocycles. The van der Waals surface area contributed by atoms with Crippen molar-refractivity contribution in [2.24, 2.45) is 0 Å². The van der Waals surface area contributed by atoms with Gasteiger partial charge in [0.1, 0.15) is 5.82 Å². The van der Waals surface area contributed by atoms with Crippen LogP contribution in [0.1, 0.15) is 34.8 Å². The maximum absolute atomic E-state index is 13.6. The zero-order chi connectivity index (χ0) is 15.2. The number of hydrogen-bond acceptors (Lipinski definition) is 1. The summed E-state index contributed by atoms with van der Waals surface area (Å²) in [4.78, 5) is 14.3. The van der Waals surface area contributed by atoms with Crippen LogP contribution in [0.4, 0.5) is 4.39 Å². The van der Waals surface area contributed by atoms with Gasteiger partial charge in [0.2, 0.25) is 0 Å². The molecule has 2 nitrogen and oxygen atoms in total. The summed E-state index contributed by atoms with van der Waals surface area (Å²) in [7, 11) is 0. The second-order valence-electron chi connectivity index (χ2n) is 5.18. The van der Waals surface area contributed by atoms with E-state index in [2.05, 4.69) is 0 Å². The molecule has 3 heteroatoms. The smallest absolute Gasteiger partial charge is 0.254 e. The number of benzene rings is 2. The molecule has 0 N–H and O–H groups in total. The number of aryl methyl sites for hydroxylation is 1. The second kappa shape index (κ2) is 7.02. The van der Waals surface area contributed by atoms with E-state index in [1.165, 1.54) is 6.07 Å². The van der Waals surface area contributed by atoms with Gasteiger partial charge in [-0.15, -0.1) is 0 Å². The summed E-state index contributed by atoms with van der Waals surface area (Å²) in [6, 6.07) is 14.5. The van der Waals surface area contributed by atoms with Gasteiger partial charge in [-0.2, -0.15) is 0 Å². The number of amides is 1. The molecule has 0 atom stereocenters.